The predicted octanol–water partition coefficient (Wildman–Crippen LogP) is 2.88. The largest absolute Gasteiger partial charge is 0.499 e. The van der Waals surface area contributed by atoms with E-state index in [1.165, 1.54) is 24.3 Å². The van der Waals surface area contributed by atoms with E-state index in [9.17, 15) is 22.6 Å². The minimum absolute atomic E-state index is 0.229. The number of rotatable bonds is 9. The van der Waals surface area contributed by atoms with Crippen molar-refractivity contribution in [2.24, 2.45) is 0 Å². The number of hydrogen-bond acceptors (Lipinski definition) is 8. The van der Waals surface area contributed by atoms with Crippen LogP contribution in [0.4, 0.5) is 13.2 Å². The number of benzene rings is 1. The van der Waals surface area contributed by atoms with Crippen LogP contribution >= 0.6 is 7.82 Å². The second-order valence-corrected chi connectivity index (χ2v) is 7.84. The van der Waals surface area contributed by atoms with Gasteiger partial charge in [-0.15, -0.1) is 4.67 Å². The van der Waals surface area contributed by atoms with E-state index in [1.54, 1.807) is 0 Å². The summed E-state index contributed by atoms with van der Waals surface area (Å²) in [5.41, 5.74) is -2.64. The minimum atomic E-state index is -4.74. The van der Waals surface area contributed by atoms with Crippen molar-refractivity contribution in [2.45, 2.75) is 25.0 Å². The summed E-state index contributed by atoms with van der Waals surface area (Å²) in [6, 6.07) is 2.55. The summed E-state index contributed by atoms with van der Waals surface area (Å²) < 4.78 is 65.2. The molecule has 14 heteroatoms. The summed E-state index contributed by atoms with van der Waals surface area (Å²) in [6.07, 6.45) is 4.36. The van der Waals surface area contributed by atoms with Gasteiger partial charge in [-0.1, -0.05) is 13.0 Å². The standard InChI is InChI=1S/C17H17F3N5O5P/c1-11(16-15(20)6-21-8-23-16)17(7-25-10-22-9-24-25,29-30-31(26,27)28-2)13-4-3-12(18)5-14(13)19/h3-6,8-11H,7H2,1-2H3,(H,26,27)/t11-,17+/m0/s1. The number of aromatic nitrogens is 5. The first-order chi connectivity index (χ1) is 14.7. The van der Waals surface area contributed by atoms with Gasteiger partial charge in [-0.05, 0) is 6.07 Å². The molecular weight excluding hydrogens is 442 g/mol. The van der Waals surface area contributed by atoms with Crippen molar-refractivity contribution in [1.29, 1.82) is 0 Å². The van der Waals surface area contributed by atoms with E-state index < -0.39 is 43.3 Å². The second kappa shape index (κ2) is 9.20. The average molecular weight is 459 g/mol. The highest BCUT2D eigenvalue weighted by Gasteiger charge is 2.48. The van der Waals surface area contributed by atoms with Gasteiger partial charge in [-0.25, -0.2) is 42.3 Å². The fourth-order valence-electron chi connectivity index (χ4n) is 2.99. The lowest BCUT2D eigenvalue weighted by atomic mass is 9.79. The average Bonchev–Trinajstić information content (AvgIpc) is 3.24. The zero-order chi connectivity index (χ0) is 22.6. The smallest absolute Gasteiger partial charge is 0.301 e. The van der Waals surface area contributed by atoms with Crippen molar-refractivity contribution < 1.29 is 36.7 Å². The van der Waals surface area contributed by atoms with E-state index in [0.29, 0.717) is 6.07 Å². The van der Waals surface area contributed by atoms with Crippen molar-refractivity contribution in [3.8, 4) is 0 Å². The molecule has 0 radical (unpaired) electrons. The molecule has 0 saturated heterocycles. The summed E-state index contributed by atoms with van der Waals surface area (Å²) in [4.78, 5) is 26.2. The van der Waals surface area contributed by atoms with Gasteiger partial charge in [0.25, 0.3) is 0 Å². The highest BCUT2D eigenvalue weighted by molar-refractivity contribution is 7.47. The fraction of sp³-hybridized carbons (Fsp3) is 0.294. The molecule has 0 fully saturated rings. The van der Waals surface area contributed by atoms with E-state index in [0.717, 1.165) is 31.8 Å². The van der Waals surface area contributed by atoms with Crippen LogP contribution in [0.1, 0.15) is 24.1 Å². The van der Waals surface area contributed by atoms with Gasteiger partial charge in [0.2, 0.25) is 0 Å². The number of halogens is 3. The topological polar surface area (TPSA) is 121 Å². The first-order valence-corrected chi connectivity index (χ1v) is 10.2. The lowest BCUT2D eigenvalue weighted by Gasteiger charge is -2.37. The molecule has 3 rings (SSSR count). The van der Waals surface area contributed by atoms with Crippen LogP contribution < -0.4 is 0 Å². The summed E-state index contributed by atoms with van der Waals surface area (Å²) in [7, 11) is -3.85. The van der Waals surface area contributed by atoms with Crippen molar-refractivity contribution >= 4 is 7.82 Å². The summed E-state index contributed by atoms with van der Waals surface area (Å²) in [5.74, 6) is -4.02. The number of phosphoric acid groups is 1. The molecule has 0 saturated carbocycles. The Labute approximate surface area is 174 Å². The number of nitrogens with zero attached hydrogens (tertiary/aromatic N) is 5. The Balaban J connectivity index is 2.23. The van der Waals surface area contributed by atoms with E-state index in [4.69, 9.17) is 4.89 Å². The van der Waals surface area contributed by atoms with Crippen LogP contribution in [-0.2, 0) is 30.8 Å². The molecule has 1 aromatic carbocycles. The van der Waals surface area contributed by atoms with Crippen LogP contribution in [0.15, 0.2) is 43.4 Å². The van der Waals surface area contributed by atoms with Crippen LogP contribution in [0.3, 0.4) is 0 Å². The third kappa shape index (κ3) is 4.97. The van der Waals surface area contributed by atoms with Crippen LogP contribution in [-0.4, -0.2) is 36.7 Å². The monoisotopic (exact) mass is 459 g/mol. The molecular formula is C17H17F3N5O5P. The maximum Gasteiger partial charge on any atom is 0.499 e. The Hall–Kier alpha value is -2.70. The third-order valence-electron chi connectivity index (χ3n) is 4.57. The van der Waals surface area contributed by atoms with Gasteiger partial charge in [-0.3, -0.25) is 4.52 Å². The molecule has 10 nitrogen and oxygen atoms in total. The Morgan fingerprint density at radius 3 is 2.61 bits per heavy atom. The molecule has 31 heavy (non-hydrogen) atoms. The third-order valence-corrected chi connectivity index (χ3v) is 5.29. The maximum absolute atomic E-state index is 14.9. The molecule has 2 aromatic heterocycles. The molecule has 166 valence electrons. The molecule has 1 unspecified atom stereocenters. The zero-order valence-corrected chi connectivity index (χ0v) is 17.1. The Morgan fingerprint density at radius 2 is 2.00 bits per heavy atom. The normalized spacial score (nSPS) is 16.5. The van der Waals surface area contributed by atoms with Gasteiger partial charge in [0.1, 0.15) is 30.6 Å². The van der Waals surface area contributed by atoms with Crippen LogP contribution in [0, 0.1) is 17.5 Å². The number of hydrogen-bond donors (Lipinski definition) is 1. The van der Waals surface area contributed by atoms with Crippen molar-refractivity contribution in [3.05, 3.63) is 72.1 Å². The molecule has 0 aliphatic carbocycles. The summed E-state index contributed by atoms with van der Waals surface area (Å²) in [6.45, 7) is 1.01. The van der Waals surface area contributed by atoms with Gasteiger partial charge >= 0.3 is 7.82 Å². The lowest BCUT2D eigenvalue weighted by Crippen LogP contribution is -2.41. The fourth-order valence-corrected chi connectivity index (χ4v) is 3.28. The zero-order valence-electron chi connectivity index (χ0n) is 16.2. The Kier molecular flexibility index (Phi) is 6.82. The SMILES string of the molecule is COP(=O)(O)OO[C@@](Cn1cncn1)(c1ccc(F)cc1F)[C@@H](C)c1ncncc1F. The molecule has 0 aliphatic rings. The summed E-state index contributed by atoms with van der Waals surface area (Å²) >= 11 is 0. The highest BCUT2D eigenvalue weighted by atomic mass is 31.2. The molecule has 0 amide bonds. The quantitative estimate of drug-likeness (QED) is 0.292. The van der Waals surface area contributed by atoms with Crippen LogP contribution in [0.25, 0.3) is 0 Å². The first-order valence-electron chi connectivity index (χ1n) is 8.68. The highest BCUT2D eigenvalue weighted by Crippen LogP contribution is 2.49. The van der Waals surface area contributed by atoms with Gasteiger partial charge in [0.05, 0.1) is 18.4 Å². The number of phosphoric ester groups is 1. The van der Waals surface area contributed by atoms with Gasteiger partial charge in [0.15, 0.2) is 11.4 Å². The summed E-state index contributed by atoms with van der Waals surface area (Å²) in [5, 5.41) is 3.92. The lowest BCUT2D eigenvalue weighted by molar-refractivity contribution is -0.322. The van der Waals surface area contributed by atoms with Crippen LogP contribution in [0.5, 0.6) is 0 Å². The first kappa shape index (κ1) is 23.0. The van der Waals surface area contributed by atoms with Gasteiger partial charge < -0.3 is 4.89 Å². The molecule has 1 N–H and O–H groups in total. The molecule has 0 aliphatic heterocycles. The molecule has 3 atom stereocenters. The van der Waals surface area contributed by atoms with Crippen LogP contribution in [0.2, 0.25) is 0 Å². The molecule has 0 spiro atoms. The predicted molar refractivity (Wildman–Crippen MR) is 97.5 cm³/mol. The molecule has 0 bridgehead atoms. The van der Waals surface area contributed by atoms with Crippen molar-refractivity contribution in [3.63, 3.8) is 0 Å². The minimum Gasteiger partial charge on any atom is -0.301 e. The maximum atomic E-state index is 14.9. The molecule has 3 aromatic rings. The second-order valence-electron chi connectivity index (χ2n) is 6.39. The Bertz CT molecular complexity index is 1090. The van der Waals surface area contributed by atoms with Crippen molar-refractivity contribution in [1.82, 2.24) is 24.7 Å². The van der Waals surface area contributed by atoms with Crippen molar-refractivity contribution in [2.75, 3.05) is 7.11 Å². The Morgan fingerprint density at radius 1 is 1.23 bits per heavy atom. The van der Waals surface area contributed by atoms with E-state index in [2.05, 4.69) is 29.2 Å². The van der Waals surface area contributed by atoms with E-state index >= 15 is 0 Å². The molecule has 2 heterocycles. The van der Waals surface area contributed by atoms with E-state index in [1.807, 2.05) is 0 Å². The van der Waals surface area contributed by atoms with Gasteiger partial charge in [-0.2, -0.15) is 5.10 Å². The van der Waals surface area contributed by atoms with Gasteiger partial charge in [0, 0.05) is 24.7 Å². The van der Waals surface area contributed by atoms with E-state index in [-0.39, 0.29) is 11.3 Å².